The van der Waals surface area contributed by atoms with Crippen LogP contribution in [-0.4, -0.2) is 66.2 Å². The minimum Gasteiger partial charge on any atom is -0.391 e. The lowest BCUT2D eigenvalue weighted by Crippen LogP contribution is -2.54. The number of carbonyl (C=O) groups excluding carboxylic acids is 1. The molecule has 1 N–H and O–H groups in total. The Kier molecular flexibility index (Phi) is 5.30. The molecule has 5 heteroatoms. The number of amides is 1. The number of rotatable bonds is 4. The van der Waals surface area contributed by atoms with Crippen LogP contribution < -0.4 is 0 Å². The number of piperazine rings is 1. The van der Waals surface area contributed by atoms with E-state index >= 15 is 0 Å². The van der Waals surface area contributed by atoms with Gasteiger partial charge in [-0.2, -0.15) is 0 Å². The van der Waals surface area contributed by atoms with Crippen molar-refractivity contribution in [3.8, 4) is 0 Å². The summed E-state index contributed by atoms with van der Waals surface area (Å²) in [5.74, 6) is 0.0327. The third-order valence-electron chi connectivity index (χ3n) is 5.10. The summed E-state index contributed by atoms with van der Waals surface area (Å²) in [6.45, 7) is 3.07. The monoisotopic (exact) mass is 318 g/mol. The van der Waals surface area contributed by atoms with Crippen LogP contribution in [0.25, 0.3) is 0 Å². The fourth-order valence-electron chi connectivity index (χ4n) is 3.79. The van der Waals surface area contributed by atoms with E-state index in [2.05, 4.69) is 4.90 Å². The molecule has 5 nitrogen and oxygen atoms in total. The van der Waals surface area contributed by atoms with Crippen LogP contribution in [0.1, 0.15) is 30.9 Å². The van der Waals surface area contributed by atoms with Crippen LogP contribution in [0.4, 0.5) is 0 Å². The SMILES string of the molecule is CO[C@H](C(=O)N1CCN([C@@H]2CCC[C@H]2O)CC1)c1ccccc1. The molecule has 1 heterocycles. The molecule has 2 fully saturated rings. The number of aliphatic hydroxyl groups excluding tert-OH is 1. The molecule has 3 rings (SSSR count). The largest absolute Gasteiger partial charge is 0.391 e. The Hall–Kier alpha value is -1.43. The van der Waals surface area contributed by atoms with Gasteiger partial charge < -0.3 is 14.7 Å². The molecule has 1 saturated heterocycles. The van der Waals surface area contributed by atoms with Gasteiger partial charge in [0.2, 0.25) is 0 Å². The van der Waals surface area contributed by atoms with Gasteiger partial charge >= 0.3 is 0 Å². The van der Waals surface area contributed by atoms with Gasteiger partial charge in [-0.05, 0) is 24.8 Å². The van der Waals surface area contributed by atoms with Gasteiger partial charge in [-0.15, -0.1) is 0 Å². The predicted octanol–water partition coefficient (Wildman–Crippen LogP) is 1.43. The van der Waals surface area contributed by atoms with Crippen molar-refractivity contribution in [2.75, 3.05) is 33.3 Å². The highest BCUT2D eigenvalue weighted by atomic mass is 16.5. The molecular weight excluding hydrogens is 292 g/mol. The molecule has 1 aliphatic heterocycles. The van der Waals surface area contributed by atoms with E-state index in [-0.39, 0.29) is 18.1 Å². The molecule has 0 spiro atoms. The van der Waals surface area contributed by atoms with E-state index in [1.807, 2.05) is 35.2 Å². The number of hydrogen-bond donors (Lipinski definition) is 1. The maximum Gasteiger partial charge on any atom is 0.256 e. The van der Waals surface area contributed by atoms with Crippen molar-refractivity contribution in [1.82, 2.24) is 9.80 Å². The average Bonchev–Trinajstić information content (AvgIpc) is 3.02. The zero-order chi connectivity index (χ0) is 16.2. The molecule has 23 heavy (non-hydrogen) atoms. The first-order valence-corrected chi connectivity index (χ1v) is 8.49. The second-order valence-electron chi connectivity index (χ2n) is 6.45. The molecule has 0 radical (unpaired) electrons. The van der Waals surface area contributed by atoms with E-state index in [9.17, 15) is 9.90 Å². The first-order chi connectivity index (χ1) is 11.2. The Bertz CT molecular complexity index is 514. The molecule has 1 amide bonds. The van der Waals surface area contributed by atoms with E-state index in [0.717, 1.165) is 37.9 Å². The Morgan fingerprint density at radius 3 is 2.43 bits per heavy atom. The number of benzene rings is 1. The van der Waals surface area contributed by atoms with Crippen LogP contribution in [0.15, 0.2) is 30.3 Å². The summed E-state index contributed by atoms with van der Waals surface area (Å²) in [4.78, 5) is 17.0. The Balaban J connectivity index is 1.59. The fraction of sp³-hybridized carbons (Fsp3) is 0.611. The van der Waals surface area contributed by atoms with Crippen LogP contribution in [-0.2, 0) is 9.53 Å². The van der Waals surface area contributed by atoms with Crippen LogP contribution in [0, 0.1) is 0 Å². The first kappa shape index (κ1) is 16.4. The number of aliphatic hydroxyl groups is 1. The van der Waals surface area contributed by atoms with Gasteiger partial charge in [0, 0.05) is 39.3 Å². The standard InChI is InChI=1S/C18H26N2O3/c1-23-17(14-6-3-2-4-7-14)18(22)20-12-10-19(11-13-20)15-8-5-9-16(15)21/h2-4,6-7,15-17,21H,5,8-13H2,1H3/t15-,16-,17+/m1/s1. The van der Waals surface area contributed by atoms with Crippen molar-refractivity contribution in [3.63, 3.8) is 0 Å². The molecule has 0 aromatic heterocycles. The van der Waals surface area contributed by atoms with Crippen molar-refractivity contribution < 1.29 is 14.6 Å². The van der Waals surface area contributed by atoms with Crippen LogP contribution >= 0.6 is 0 Å². The zero-order valence-electron chi connectivity index (χ0n) is 13.7. The normalized spacial score (nSPS) is 27.1. The minimum atomic E-state index is -0.528. The summed E-state index contributed by atoms with van der Waals surface area (Å²) in [5, 5.41) is 10.0. The van der Waals surface area contributed by atoms with Crippen molar-refractivity contribution >= 4 is 5.91 Å². The summed E-state index contributed by atoms with van der Waals surface area (Å²) in [6.07, 6.45) is 2.35. The van der Waals surface area contributed by atoms with Crippen molar-refractivity contribution in [2.24, 2.45) is 0 Å². The van der Waals surface area contributed by atoms with Gasteiger partial charge in [-0.3, -0.25) is 9.69 Å². The lowest BCUT2D eigenvalue weighted by atomic mass is 10.1. The van der Waals surface area contributed by atoms with E-state index in [1.54, 1.807) is 7.11 Å². The van der Waals surface area contributed by atoms with E-state index in [1.165, 1.54) is 0 Å². The van der Waals surface area contributed by atoms with Crippen LogP contribution in [0.3, 0.4) is 0 Å². The molecule has 0 unspecified atom stereocenters. The van der Waals surface area contributed by atoms with Crippen LogP contribution in [0.5, 0.6) is 0 Å². The highest BCUT2D eigenvalue weighted by Crippen LogP contribution is 2.26. The number of methoxy groups -OCH3 is 1. The van der Waals surface area contributed by atoms with Gasteiger partial charge in [0.1, 0.15) is 0 Å². The van der Waals surface area contributed by atoms with Crippen LogP contribution in [0.2, 0.25) is 0 Å². The molecule has 1 aliphatic carbocycles. The van der Waals surface area contributed by atoms with Gasteiger partial charge in [0.15, 0.2) is 6.10 Å². The lowest BCUT2D eigenvalue weighted by molar-refractivity contribution is -0.144. The Morgan fingerprint density at radius 1 is 1.17 bits per heavy atom. The van der Waals surface area contributed by atoms with Gasteiger partial charge in [-0.25, -0.2) is 0 Å². The summed E-state index contributed by atoms with van der Waals surface area (Å²) in [7, 11) is 1.58. The second kappa shape index (κ2) is 7.43. The molecule has 2 aliphatic rings. The summed E-state index contributed by atoms with van der Waals surface area (Å²) in [6, 6.07) is 9.92. The van der Waals surface area contributed by atoms with Gasteiger partial charge in [0.05, 0.1) is 6.10 Å². The number of ether oxygens (including phenoxy) is 1. The smallest absolute Gasteiger partial charge is 0.256 e. The molecule has 1 aromatic carbocycles. The third kappa shape index (κ3) is 3.57. The van der Waals surface area contributed by atoms with E-state index < -0.39 is 6.10 Å². The summed E-state index contributed by atoms with van der Waals surface area (Å²) < 4.78 is 5.45. The lowest BCUT2D eigenvalue weighted by Gasteiger charge is -2.40. The third-order valence-corrected chi connectivity index (χ3v) is 5.10. The molecule has 0 bridgehead atoms. The number of hydrogen-bond acceptors (Lipinski definition) is 4. The van der Waals surface area contributed by atoms with Gasteiger partial charge in [-0.1, -0.05) is 30.3 Å². The first-order valence-electron chi connectivity index (χ1n) is 8.49. The molecule has 3 atom stereocenters. The highest BCUT2D eigenvalue weighted by Gasteiger charge is 2.34. The molecule has 1 saturated carbocycles. The summed E-state index contributed by atoms with van der Waals surface area (Å²) in [5.41, 5.74) is 0.897. The number of nitrogens with zero attached hydrogens (tertiary/aromatic N) is 2. The second-order valence-corrected chi connectivity index (χ2v) is 6.45. The number of carbonyl (C=O) groups is 1. The van der Waals surface area contributed by atoms with E-state index in [0.29, 0.717) is 13.1 Å². The quantitative estimate of drug-likeness (QED) is 0.912. The van der Waals surface area contributed by atoms with Crippen molar-refractivity contribution in [1.29, 1.82) is 0 Å². The predicted molar refractivity (Wildman–Crippen MR) is 88.0 cm³/mol. The molecule has 1 aromatic rings. The minimum absolute atomic E-state index is 0.0327. The maximum absolute atomic E-state index is 12.8. The maximum atomic E-state index is 12.8. The topological polar surface area (TPSA) is 53.0 Å². The summed E-state index contributed by atoms with van der Waals surface area (Å²) >= 11 is 0. The molecular formula is C18H26N2O3. The zero-order valence-corrected chi connectivity index (χ0v) is 13.7. The van der Waals surface area contributed by atoms with Crippen molar-refractivity contribution in [2.45, 2.75) is 37.5 Å². The van der Waals surface area contributed by atoms with Gasteiger partial charge in [0.25, 0.3) is 5.91 Å². The van der Waals surface area contributed by atoms with Crippen molar-refractivity contribution in [3.05, 3.63) is 35.9 Å². The average molecular weight is 318 g/mol. The fourth-order valence-corrected chi connectivity index (χ4v) is 3.79. The molecule has 126 valence electrons. The Morgan fingerprint density at radius 2 is 1.87 bits per heavy atom. The highest BCUT2D eigenvalue weighted by molar-refractivity contribution is 5.82. The van der Waals surface area contributed by atoms with E-state index in [4.69, 9.17) is 4.74 Å². The Labute approximate surface area is 137 Å².